The van der Waals surface area contributed by atoms with Crippen molar-refractivity contribution in [2.45, 2.75) is 78.6 Å². The van der Waals surface area contributed by atoms with Crippen LogP contribution in [0.2, 0.25) is 0 Å². The molecule has 0 radical (unpaired) electrons. The molecule has 0 aliphatic rings. The smallest absolute Gasteiger partial charge is 0.339 e. The van der Waals surface area contributed by atoms with Crippen molar-refractivity contribution in [1.82, 2.24) is 21.3 Å². The number of ketones is 1. The minimum absolute atomic E-state index is 0.0271. The molecule has 0 bridgehead atoms. The number of esters is 1. The van der Waals surface area contributed by atoms with E-state index in [9.17, 15) is 43.8 Å². The van der Waals surface area contributed by atoms with Gasteiger partial charge in [0, 0.05) is 13.3 Å². The number of hydrogen-bond donors (Lipinski definition) is 6. The summed E-state index contributed by atoms with van der Waals surface area (Å²) in [7, 11) is 0. The number of carboxylic acids is 1. The summed E-state index contributed by atoms with van der Waals surface area (Å²) in [5.41, 5.74) is 2.16. The Morgan fingerprint density at radius 3 is 1.89 bits per heavy atom. The summed E-state index contributed by atoms with van der Waals surface area (Å²) in [6.45, 7) is 8.45. The maximum absolute atomic E-state index is 13.2. The van der Waals surface area contributed by atoms with E-state index in [-0.39, 0.29) is 17.7 Å². The van der Waals surface area contributed by atoms with E-state index in [0.29, 0.717) is 16.7 Å². The number of carbonyl (C=O) groups excluding carboxylic acids is 6. The number of benzene rings is 2. The molecule has 6 N–H and O–H groups in total. The lowest BCUT2D eigenvalue weighted by molar-refractivity contribution is -0.141. The minimum Gasteiger partial charge on any atom is -0.508 e. The molecule has 0 heterocycles. The Bertz CT molecular complexity index is 1470. The first kappa shape index (κ1) is 37.9. The second-order valence-corrected chi connectivity index (χ2v) is 11.6. The summed E-state index contributed by atoms with van der Waals surface area (Å²) in [6, 6.07) is 6.15. The van der Waals surface area contributed by atoms with Crippen LogP contribution in [0.1, 0.15) is 61.2 Å². The molecule has 14 nitrogen and oxygen atoms in total. The molecule has 254 valence electrons. The molecule has 4 amide bonds. The Labute approximate surface area is 272 Å². The fourth-order valence-electron chi connectivity index (χ4n) is 4.64. The van der Waals surface area contributed by atoms with Crippen LogP contribution >= 0.6 is 0 Å². The normalized spacial score (nSPS) is 13.3. The van der Waals surface area contributed by atoms with Crippen molar-refractivity contribution in [1.29, 1.82) is 0 Å². The largest absolute Gasteiger partial charge is 0.508 e. The molecule has 14 heteroatoms. The molecule has 0 saturated carbocycles. The van der Waals surface area contributed by atoms with Crippen LogP contribution in [-0.4, -0.2) is 82.3 Å². The Kier molecular flexibility index (Phi) is 14.1. The number of phenols is 1. The van der Waals surface area contributed by atoms with E-state index < -0.39 is 84.5 Å². The molecule has 0 saturated heterocycles. The molecule has 0 fully saturated rings. The molecule has 4 atom stereocenters. The summed E-state index contributed by atoms with van der Waals surface area (Å²) in [5, 5.41) is 28.7. The monoisotopic (exact) mass is 654 g/mol. The zero-order valence-corrected chi connectivity index (χ0v) is 27.2. The first-order chi connectivity index (χ1) is 22.0. The molecule has 0 aromatic heterocycles. The topological polar surface area (TPSA) is 217 Å². The predicted octanol–water partition coefficient (Wildman–Crippen LogP) is 1.09. The van der Waals surface area contributed by atoms with Gasteiger partial charge in [-0.1, -0.05) is 44.2 Å². The van der Waals surface area contributed by atoms with Gasteiger partial charge in [-0.2, -0.15) is 0 Å². The summed E-state index contributed by atoms with van der Waals surface area (Å²) in [5.74, 6) is -6.27. The quantitative estimate of drug-likeness (QED) is 0.142. The first-order valence-electron chi connectivity index (χ1n) is 14.9. The van der Waals surface area contributed by atoms with E-state index >= 15 is 0 Å². The van der Waals surface area contributed by atoms with Gasteiger partial charge in [-0.05, 0) is 55.5 Å². The van der Waals surface area contributed by atoms with Crippen molar-refractivity contribution in [2.24, 2.45) is 5.92 Å². The molecule has 2 rings (SSSR count). The average Bonchev–Trinajstić information content (AvgIpc) is 2.98. The average molecular weight is 655 g/mol. The van der Waals surface area contributed by atoms with Gasteiger partial charge in [-0.3, -0.25) is 28.8 Å². The van der Waals surface area contributed by atoms with Gasteiger partial charge in [0.05, 0.1) is 12.0 Å². The van der Waals surface area contributed by atoms with E-state index in [1.807, 2.05) is 0 Å². The lowest BCUT2D eigenvalue weighted by Crippen LogP contribution is -2.58. The highest BCUT2D eigenvalue weighted by Crippen LogP contribution is 2.15. The maximum Gasteiger partial charge on any atom is 0.339 e. The number of rotatable bonds is 16. The van der Waals surface area contributed by atoms with E-state index in [1.54, 1.807) is 58.0 Å². The Balaban J connectivity index is 2.07. The predicted molar refractivity (Wildman–Crippen MR) is 169 cm³/mol. The van der Waals surface area contributed by atoms with Gasteiger partial charge in [0.15, 0.2) is 12.4 Å². The zero-order valence-electron chi connectivity index (χ0n) is 27.2. The molecule has 0 unspecified atom stereocenters. The zero-order chi connectivity index (χ0) is 35.4. The molecule has 0 aliphatic heterocycles. The van der Waals surface area contributed by atoms with Crippen molar-refractivity contribution < 1.29 is 48.5 Å². The highest BCUT2D eigenvalue weighted by Gasteiger charge is 2.32. The summed E-state index contributed by atoms with van der Waals surface area (Å²) < 4.78 is 5.12. The first-order valence-corrected chi connectivity index (χ1v) is 14.9. The number of phenolic OH excluding ortho intramolecular Hbond substituents is 1. The maximum atomic E-state index is 13.2. The molecule has 2 aromatic carbocycles. The third-order valence-electron chi connectivity index (χ3n) is 7.18. The van der Waals surface area contributed by atoms with Crippen LogP contribution < -0.4 is 21.3 Å². The van der Waals surface area contributed by atoms with Crippen LogP contribution in [-0.2, 0) is 39.9 Å². The Morgan fingerprint density at radius 1 is 0.766 bits per heavy atom. The van der Waals surface area contributed by atoms with Gasteiger partial charge < -0.3 is 36.2 Å². The number of aryl methyl sites for hydroxylation is 2. The summed E-state index contributed by atoms with van der Waals surface area (Å²) in [4.78, 5) is 88.0. The van der Waals surface area contributed by atoms with Gasteiger partial charge >= 0.3 is 11.9 Å². The van der Waals surface area contributed by atoms with Gasteiger partial charge in [0.1, 0.15) is 29.9 Å². The van der Waals surface area contributed by atoms with Crippen LogP contribution in [0.15, 0.2) is 42.5 Å². The summed E-state index contributed by atoms with van der Waals surface area (Å²) >= 11 is 0. The van der Waals surface area contributed by atoms with Crippen molar-refractivity contribution in [3.8, 4) is 5.75 Å². The Hall–Kier alpha value is -5.27. The van der Waals surface area contributed by atoms with Gasteiger partial charge in [-0.15, -0.1) is 0 Å². The van der Waals surface area contributed by atoms with Crippen molar-refractivity contribution in [3.05, 3.63) is 64.7 Å². The third-order valence-corrected chi connectivity index (χ3v) is 7.18. The highest BCUT2D eigenvalue weighted by atomic mass is 16.5. The number of nitrogens with one attached hydrogen (secondary N) is 4. The van der Waals surface area contributed by atoms with E-state index in [4.69, 9.17) is 4.74 Å². The van der Waals surface area contributed by atoms with Gasteiger partial charge in [0.2, 0.25) is 23.6 Å². The molecule has 0 aliphatic carbocycles. The number of carboxylic acid groups (broad SMARTS) is 1. The number of aromatic hydroxyl groups is 1. The van der Waals surface area contributed by atoms with Crippen LogP contribution in [0.4, 0.5) is 0 Å². The second kappa shape index (κ2) is 17.4. The van der Waals surface area contributed by atoms with Gasteiger partial charge in [0.25, 0.3) is 0 Å². The van der Waals surface area contributed by atoms with Crippen LogP contribution in [0, 0.1) is 19.8 Å². The summed E-state index contributed by atoms with van der Waals surface area (Å²) in [6.07, 6.45) is -0.738. The van der Waals surface area contributed by atoms with E-state index in [2.05, 4.69) is 21.3 Å². The molecule has 47 heavy (non-hydrogen) atoms. The highest BCUT2D eigenvalue weighted by molar-refractivity contribution is 5.98. The van der Waals surface area contributed by atoms with Crippen molar-refractivity contribution in [3.63, 3.8) is 0 Å². The lowest BCUT2D eigenvalue weighted by Gasteiger charge is -2.27. The fraction of sp³-hybridized carbons (Fsp3) is 0.424. The number of ether oxygens (including phenoxy) is 1. The molecular weight excluding hydrogens is 612 g/mol. The molecule has 2 aromatic rings. The SMILES string of the molecule is CC(=O)N[C@H](Cc1ccc(O)cc1)C(=O)N[C@H](C(=O)N[C@@H](C)C(=O)N[C@H](CC(=O)O)C(=O)COC(=O)c1c(C)cccc1C)C(C)C. The minimum atomic E-state index is -1.57. The number of hydrogen-bond acceptors (Lipinski definition) is 9. The lowest BCUT2D eigenvalue weighted by atomic mass is 10.0. The number of carbonyl (C=O) groups is 7. The third kappa shape index (κ3) is 11.9. The fourth-order valence-corrected chi connectivity index (χ4v) is 4.64. The van der Waals surface area contributed by atoms with Gasteiger partial charge in [-0.25, -0.2) is 4.79 Å². The van der Waals surface area contributed by atoms with E-state index in [1.165, 1.54) is 26.0 Å². The second-order valence-electron chi connectivity index (χ2n) is 11.6. The number of aliphatic carboxylic acids is 1. The van der Waals surface area contributed by atoms with E-state index in [0.717, 1.165) is 0 Å². The number of Topliss-reactive ketones (excluding diaryl/α,β-unsaturated/α-hetero) is 1. The van der Waals surface area contributed by atoms with Crippen molar-refractivity contribution >= 4 is 41.4 Å². The standard InChI is InChI=1S/C33H42N4O10/c1-17(2)29(37-31(44)25(35-21(6)38)14-22-10-12-23(39)13-11-22)32(45)34-20(5)30(43)36-24(15-27(41)42)26(40)16-47-33(46)28-18(3)8-7-9-19(28)4/h7-13,17,20,24-25,29,39H,14-16H2,1-6H3,(H,34,45)(H,35,38)(H,36,43)(H,37,44)(H,41,42)/t20-,24+,25+,29-/m0/s1. The Morgan fingerprint density at radius 2 is 1.36 bits per heavy atom. The van der Waals surface area contributed by atoms with Crippen molar-refractivity contribution in [2.75, 3.05) is 6.61 Å². The number of amides is 4. The molecular formula is C33H42N4O10. The van der Waals surface area contributed by atoms with Crippen LogP contribution in [0.25, 0.3) is 0 Å². The molecule has 0 spiro atoms. The van der Waals surface area contributed by atoms with Crippen LogP contribution in [0.5, 0.6) is 5.75 Å². The van der Waals surface area contributed by atoms with Crippen LogP contribution in [0.3, 0.4) is 0 Å².